The van der Waals surface area contributed by atoms with Crippen molar-refractivity contribution in [3.05, 3.63) is 84.6 Å². The van der Waals surface area contributed by atoms with Gasteiger partial charge in [0.25, 0.3) is 0 Å². The van der Waals surface area contributed by atoms with E-state index in [1.807, 2.05) is 59.8 Å². The Kier molecular flexibility index (Phi) is 5.10. The van der Waals surface area contributed by atoms with Crippen LogP contribution in [0.1, 0.15) is 18.1 Å². The minimum atomic E-state index is 0.201. The highest BCUT2D eigenvalue weighted by Crippen LogP contribution is 2.20. The highest BCUT2D eigenvalue weighted by molar-refractivity contribution is 5.59. The first-order chi connectivity index (χ1) is 13.7. The molecule has 0 aliphatic rings. The molecule has 0 bridgehead atoms. The molecule has 4 aromatic rings. The zero-order valence-electron chi connectivity index (χ0n) is 15.9. The molecule has 3 heterocycles. The number of aryl methyl sites for hydroxylation is 1. The van der Waals surface area contributed by atoms with Crippen molar-refractivity contribution in [1.29, 1.82) is 0 Å². The third-order valence-electron chi connectivity index (χ3n) is 4.56. The van der Waals surface area contributed by atoms with Gasteiger partial charge in [-0.25, -0.2) is 14.6 Å². The Labute approximate surface area is 164 Å². The van der Waals surface area contributed by atoms with Crippen molar-refractivity contribution in [2.45, 2.75) is 26.3 Å². The maximum absolute atomic E-state index is 4.67. The van der Waals surface area contributed by atoms with Crippen LogP contribution >= 0.6 is 0 Å². The van der Waals surface area contributed by atoms with E-state index in [1.54, 1.807) is 6.20 Å². The molecular weight excluding hydrogens is 348 g/mol. The molecule has 3 aromatic heterocycles. The Morgan fingerprint density at radius 3 is 2.68 bits per heavy atom. The van der Waals surface area contributed by atoms with Gasteiger partial charge < -0.3 is 5.32 Å². The van der Waals surface area contributed by atoms with Crippen LogP contribution in [0.3, 0.4) is 0 Å². The average Bonchev–Trinajstić information content (AvgIpc) is 3.19. The van der Waals surface area contributed by atoms with Crippen LogP contribution in [-0.2, 0) is 6.42 Å². The van der Waals surface area contributed by atoms with Gasteiger partial charge in [0.1, 0.15) is 0 Å². The lowest BCUT2D eigenvalue weighted by molar-refractivity contribution is 0.776. The summed E-state index contributed by atoms with van der Waals surface area (Å²) in [5.74, 6) is 0.614. The monoisotopic (exact) mass is 370 g/mol. The number of nitrogens with zero attached hydrogens (tertiary/aromatic N) is 5. The number of hydrogen-bond donors (Lipinski definition) is 1. The fourth-order valence-corrected chi connectivity index (χ4v) is 3.14. The zero-order valence-corrected chi connectivity index (χ0v) is 15.9. The van der Waals surface area contributed by atoms with Gasteiger partial charge in [0.2, 0.25) is 5.95 Å². The van der Waals surface area contributed by atoms with Crippen LogP contribution < -0.4 is 5.32 Å². The fraction of sp³-hybridized carbons (Fsp3) is 0.182. The summed E-state index contributed by atoms with van der Waals surface area (Å²) in [5.41, 5.74) is 5.26. The number of benzene rings is 1. The van der Waals surface area contributed by atoms with E-state index in [4.69, 9.17) is 0 Å². The molecule has 0 spiro atoms. The Morgan fingerprint density at radius 2 is 1.86 bits per heavy atom. The summed E-state index contributed by atoms with van der Waals surface area (Å²) in [4.78, 5) is 13.1. The van der Waals surface area contributed by atoms with Crippen molar-refractivity contribution in [3.8, 4) is 16.9 Å². The first kappa shape index (κ1) is 17.9. The van der Waals surface area contributed by atoms with E-state index in [1.165, 1.54) is 11.1 Å². The van der Waals surface area contributed by atoms with Gasteiger partial charge in [0.05, 0.1) is 17.6 Å². The zero-order chi connectivity index (χ0) is 19.3. The summed E-state index contributed by atoms with van der Waals surface area (Å²) < 4.78 is 1.88. The van der Waals surface area contributed by atoms with Gasteiger partial charge >= 0.3 is 0 Å². The Bertz CT molecular complexity index is 1060. The van der Waals surface area contributed by atoms with Gasteiger partial charge in [-0.2, -0.15) is 5.10 Å². The number of hydrogen-bond acceptors (Lipinski definition) is 5. The van der Waals surface area contributed by atoms with Crippen molar-refractivity contribution < 1.29 is 0 Å². The van der Waals surface area contributed by atoms with Crippen LogP contribution in [0, 0.1) is 6.92 Å². The highest BCUT2D eigenvalue weighted by Gasteiger charge is 2.10. The summed E-state index contributed by atoms with van der Waals surface area (Å²) in [7, 11) is 0. The largest absolute Gasteiger partial charge is 0.351 e. The summed E-state index contributed by atoms with van der Waals surface area (Å²) in [6, 6.07) is 14.3. The van der Waals surface area contributed by atoms with Gasteiger partial charge in [0, 0.05) is 36.4 Å². The minimum Gasteiger partial charge on any atom is -0.351 e. The van der Waals surface area contributed by atoms with Crippen molar-refractivity contribution >= 4 is 5.95 Å². The summed E-state index contributed by atoms with van der Waals surface area (Å²) in [6.07, 6.45) is 10.1. The predicted molar refractivity (Wildman–Crippen MR) is 110 cm³/mol. The van der Waals surface area contributed by atoms with Gasteiger partial charge in [0.15, 0.2) is 0 Å². The third kappa shape index (κ3) is 4.06. The van der Waals surface area contributed by atoms with Gasteiger partial charge in [-0.05, 0) is 55.7 Å². The molecule has 140 valence electrons. The lowest BCUT2D eigenvalue weighted by Crippen LogP contribution is -2.19. The molecular formula is C22H22N6. The molecule has 0 unspecified atom stereocenters. The third-order valence-corrected chi connectivity index (χ3v) is 4.56. The molecule has 28 heavy (non-hydrogen) atoms. The maximum Gasteiger partial charge on any atom is 0.223 e. The molecule has 6 heteroatoms. The van der Waals surface area contributed by atoms with E-state index in [2.05, 4.69) is 51.3 Å². The summed E-state index contributed by atoms with van der Waals surface area (Å²) >= 11 is 0. The van der Waals surface area contributed by atoms with E-state index in [0.29, 0.717) is 5.95 Å². The van der Waals surface area contributed by atoms with E-state index in [0.717, 1.165) is 23.4 Å². The van der Waals surface area contributed by atoms with Crippen molar-refractivity contribution in [3.63, 3.8) is 0 Å². The van der Waals surface area contributed by atoms with Gasteiger partial charge in [-0.15, -0.1) is 0 Å². The number of nitrogens with one attached hydrogen (secondary N) is 1. The van der Waals surface area contributed by atoms with Crippen molar-refractivity contribution in [2.75, 3.05) is 5.32 Å². The number of pyridine rings is 1. The Morgan fingerprint density at radius 1 is 1.04 bits per heavy atom. The van der Waals surface area contributed by atoms with Crippen LogP contribution in [0.5, 0.6) is 0 Å². The Hall–Kier alpha value is -3.54. The summed E-state index contributed by atoms with van der Waals surface area (Å²) in [5, 5.41) is 7.88. The maximum atomic E-state index is 4.67. The quantitative estimate of drug-likeness (QED) is 0.554. The average molecular weight is 370 g/mol. The molecule has 0 fully saturated rings. The molecule has 1 N–H and O–H groups in total. The highest BCUT2D eigenvalue weighted by atomic mass is 15.3. The van der Waals surface area contributed by atoms with E-state index < -0.39 is 0 Å². The van der Waals surface area contributed by atoms with E-state index in [-0.39, 0.29) is 6.04 Å². The van der Waals surface area contributed by atoms with Crippen LogP contribution in [-0.4, -0.2) is 30.8 Å². The standard InChI is InChI=1S/C22H22N6/c1-16-5-3-4-6-21(16)28-15-19(14-25-28)20-9-12-24-22(27-20)26-17(2)13-18-7-10-23-11-8-18/h3-12,14-15,17H,13H2,1-2H3,(H,24,26,27)/t17-/m0/s1. The molecule has 1 atom stereocenters. The number of rotatable bonds is 6. The van der Waals surface area contributed by atoms with Gasteiger partial charge in [-0.3, -0.25) is 4.98 Å². The Balaban J connectivity index is 1.50. The van der Waals surface area contributed by atoms with Crippen molar-refractivity contribution in [1.82, 2.24) is 24.7 Å². The second-order valence-corrected chi connectivity index (χ2v) is 6.83. The van der Waals surface area contributed by atoms with Crippen LogP contribution in [0.4, 0.5) is 5.95 Å². The molecule has 0 aliphatic carbocycles. The molecule has 0 saturated heterocycles. The number of para-hydroxylation sites is 1. The molecule has 0 saturated carbocycles. The molecule has 0 radical (unpaired) electrons. The fourth-order valence-electron chi connectivity index (χ4n) is 3.14. The topological polar surface area (TPSA) is 68.5 Å². The summed E-state index contributed by atoms with van der Waals surface area (Å²) in [6.45, 7) is 4.19. The van der Waals surface area contributed by atoms with Crippen LogP contribution in [0.25, 0.3) is 16.9 Å². The van der Waals surface area contributed by atoms with Crippen molar-refractivity contribution in [2.24, 2.45) is 0 Å². The number of anilines is 1. The lowest BCUT2D eigenvalue weighted by Gasteiger charge is -2.14. The first-order valence-electron chi connectivity index (χ1n) is 9.28. The van der Waals surface area contributed by atoms with E-state index in [9.17, 15) is 0 Å². The minimum absolute atomic E-state index is 0.201. The lowest BCUT2D eigenvalue weighted by atomic mass is 10.1. The SMILES string of the molecule is Cc1ccccc1-n1cc(-c2ccnc(N[C@@H](C)Cc3ccncc3)n2)cn1. The van der Waals surface area contributed by atoms with Gasteiger partial charge in [-0.1, -0.05) is 18.2 Å². The second kappa shape index (κ2) is 8.00. The molecule has 6 nitrogen and oxygen atoms in total. The normalized spacial score (nSPS) is 11.9. The first-order valence-corrected chi connectivity index (χ1v) is 9.28. The molecule has 0 aliphatic heterocycles. The smallest absolute Gasteiger partial charge is 0.223 e. The second-order valence-electron chi connectivity index (χ2n) is 6.83. The predicted octanol–water partition coefficient (Wildman–Crippen LogP) is 4.08. The van der Waals surface area contributed by atoms with Crippen LogP contribution in [0.15, 0.2) is 73.4 Å². The van der Waals surface area contributed by atoms with Crippen LogP contribution in [0.2, 0.25) is 0 Å². The molecule has 0 amide bonds. The molecule has 1 aromatic carbocycles. The number of aromatic nitrogens is 5. The van der Waals surface area contributed by atoms with E-state index >= 15 is 0 Å². The molecule has 4 rings (SSSR count).